The lowest BCUT2D eigenvalue weighted by atomic mass is 9.98. The first-order valence-corrected chi connectivity index (χ1v) is 13.3. The average molecular weight is 496 g/mol. The molecular weight excluding hydrogens is 469 g/mol. The van der Waals surface area contributed by atoms with Gasteiger partial charge in [-0.3, -0.25) is 4.79 Å². The highest BCUT2D eigenvalue weighted by atomic mass is 35.5. The molecule has 9 heteroatoms. The van der Waals surface area contributed by atoms with Crippen molar-refractivity contribution in [1.29, 1.82) is 0 Å². The van der Waals surface area contributed by atoms with Crippen molar-refractivity contribution >= 4 is 50.5 Å². The van der Waals surface area contributed by atoms with Crippen molar-refractivity contribution in [2.24, 2.45) is 5.92 Å². The zero-order valence-electron chi connectivity index (χ0n) is 17.8. The van der Waals surface area contributed by atoms with E-state index in [0.29, 0.717) is 35.0 Å². The molecule has 0 aromatic heterocycles. The Morgan fingerprint density at radius 1 is 0.969 bits per heavy atom. The molecule has 0 saturated carbocycles. The molecule has 32 heavy (non-hydrogen) atoms. The van der Waals surface area contributed by atoms with E-state index in [-0.39, 0.29) is 18.2 Å². The molecular formula is C23H27Cl2N3O3S. The molecule has 1 N–H and O–H groups in total. The molecule has 2 heterocycles. The van der Waals surface area contributed by atoms with Crippen LogP contribution in [0.4, 0.5) is 11.4 Å². The number of sulfonamides is 1. The summed E-state index contributed by atoms with van der Waals surface area (Å²) in [6.07, 6.45) is 3.70. The van der Waals surface area contributed by atoms with Crippen LogP contribution >= 0.6 is 23.2 Å². The minimum Gasteiger partial charge on any atom is -0.372 e. The van der Waals surface area contributed by atoms with Gasteiger partial charge in [-0.1, -0.05) is 29.3 Å². The van der Waals surface area contributed by atoms with Crippen molar-refractivity contribution in [3.05, 3.63) is 58.1 Å². The standard InChI is InChI=1S/C23H27Cl2N3O3S/c24-21-6-3-7-22(25)20(21)16-32(30,31)28-14-4-5-17(15-28)23(29)26-18-8-10-19(11-9-18)27-12-1-2-13-27/h3,6-11,17H,1-2,4-5,12-16H2,(H,26,29)/t17-/m1/s1. The molecule has 6 nitrogen and oxygen atoms in total. The monoisotopic (exact) mass is 495 g/mol. The van der Waals surface area contributed by atoms with E-state index in [1.807, 2.05) is 24.3 Å². The summed E-state index contributed by atoms with van der Waals surface area (Å²) < 4.78 is 27.4. The fraction of sp³-hybridized carbons (Fsp3) is 0.435. The first-order chi connectivity index (χ1) is 15.3. The highest BCUT2D eigenvalue weighted by Crippen LogP contribution is 2.29. The van der Waals surface area contributed by atoms with Crippen LogP contribution < -0.4 is 10.2 Å². The van der Waals surface area contributed by atoms with Crippen LogP contribution in [0.25, 0.3) is 0 Å². The number of nitrogens with one attached hydrogen (secondary N) is 1. The third-order valence-corrected chi connectivity index (χ3v) is 8.62. The number of nitrogens with zero attached hydrogens (tertiary/aromatic N) is 2. The summed E-state index contributed by atoms with van der Waals surface area (Å²) in [6.45, 7) is 2.68. The number of rotatable bonds is 6. The van der Waals surface area contributed by atoms with Gasteiger partial charge in [0.15, 0.2) is 0 Å². The number of hydrogen-bond acceptors (Lipinski definition) is 4. The summed E-state index contributed by atoms with van der Waals surface area (Å²) in [6, 6.07) is 12.8. The number of carbonyl (C=O) groups excluding carboxylic acids is 1. The highest BCUT2D eigenvalue weighted by Gasteiger charge is 2.33. The Balaban J connectivity index is 1.39. The van der Waals surface area contributed by atoms with Gasteiger partial charge in [-0.15, -0.1) is 0 Å². The molecule has 4 rings (SSSR count). The van der Waals surface area contributed by atoms with Gasteiger partial charge < -0.3 is 10.2 Å². The summed E-state index contributed by atoms with van der Waals surface area (Å²) in [4.78, 5) is 15.2. The quantitative estimate of drug-likeness (QED) is 0.626. The van der Waals surface area contributed by atoms with Crippen molar-refractivity contribution in [1.82, 2.24) is 4.31 Å². The van der Waals surface area contributed by atoms with E-state index in [2.05, 4.69) is 10.2 Å². The number of benzene rings is 2. The Hall–Kier alpha value is -1.80. The maximum absolute atomic E-state index is 13.0. The van der Waals surface area contributed by atoms with Crippen LogP contribution in [0.5, 0.6) is 0 Å². The van der Waals surface area contributed by atoms with Crippen LogP contribution in [0.15, 0.2) is 42.5 Å². The first-order valence-electron chi connectivity index (χ1n) is 10.9. The van der Waals surface area contributed by atoms with Crippen LogP contribution in [-0.4, -0.2) is 44.8 Å². The van der Waals surface area contributed by atoms with Crippen LogP contribution in [0, 0.1) is 5.92 Å². The Kier molecular flexibility index (Phi) is 7.30. The Bertz CT molecular complexity index is 1050. The topological polar surface area (TPSA) is 69.7 Å². The zero-order valence-corrected chi connectivity index (χ0v) is 20.1. The molecule has 2 aromatic rings. The molecule has 0 unspecified atom stereocenters. The van der Waals surface area contributed by atoms with Crippen molar-refractivity contribution < 1.29 is 13.2 Å². The number of piperidine rings is 1. The second kappa shape index (κ2) is 10.00. The normalized spacial score (nSPS) is 19.8. The van der Waals surface area contributed by atoms with Gasteiger partial charge >= 0.3 is 0 Å². The lowest BCUT2D eigenvalue weighted by Gasteiger charge is -2.31. The van der Waals surface area contributed by atoms with Crippen molar-refractivity contribution in [2.75, 3.05) is 36.4 Å². The fourth-order valence-electron chi connectivity index (χ4n) is 4.33. The second-order valence-corrected chi connectivity index (χ2v) is 11.2. The van der Waals surface area contributed by atoms with Gasteiger partial charge in [0.05, 0.1) is 11.7 Å². The van der Waals surface area contributed by atoms with E-state index < -0.39 is 15.9 Å². The van der Waals surface area contributed by atoms with E-state index in [4.69, 9.17) is 23.2 Å². The Morgan fingerprint density at radius 2 is 1.62 bits per heavy atom. The fourth-order valence-corrected chi connectivity index (χ4v) is 6.69. The third-order valence-electron chi connectivity index (χ3n) is 6.14. The Morgan fingerprint density at radius 3 is 2.28 bits per heavy atom. The molecule has 2 saturated heterocycles. The number of hydrogen-bond donors (Lipinski definition) is 1. The average Bonchev–Trinajstić information content (AvgIpc) is 3.32. The predicted molar refractivity (Wildman–Crippen MR) is 130 cm³/mol. The lowest BCUT2D eigenvalue weighted by molar-refractivity contribution is -0.120. The number of amides is 1. The molecule has 2 aliphatic heterocycles. The largest absolute Gasteiger partial charge is 0.372 e. The van der Waals surface area contributed by atoms with Gasteiger partial charge in [-0.25, -0.2) is 12.7 Å². The zero-order chi connectivity index (χ0) is 22.7. The number of carbonyl (C=O) groups is 1. The van der Waals surface area contributed by atoms with Crippen LogP contribution in [0.3, 0.4) is 0 Å². The van der Waals surface area contributed by atoms with Gasteiger partial charge in [-0.2, -0.15) is 0 Å². The summed E-state index contributed by atoms with van der Waals surface area (Å²) in [5.74, 6) is -0.842. The molecule has 0 spiro atoms. The molecule has 2 fully saturated rings. The molecule has 2 aliphatic rings. The maximum atomic E-state index is 13.0. The van der Waals surface area contributed by atoms with Crippen LogP contribution in [0.2, 0.25) is 10.0 Å². The van der Waals surface area contributed by atoms with Gasteiger partial charge in [0.2, 0.25) is 15.9 Å². The van der Waals surface area contributed by atoms with Gasteiger partial charge in [-0.05, 0) is 62.1 Å². The molecule has 1 atom stereocenters. The van der Waals surface area contributed by atoms with Gasteiger partial charge in [0, 0.05) is 53.2 Å². The molecule has 0 bridgehead atoms. The first kappa shape index (κ1) is 23.4. The SMILES string of the molecule is O=C(Nc1ccc(N2CCCC2)cc1)[C@@H]1CCCN(S(=O)(=O)Cc2c(Cl)cccc2Cl)C1. The van der Waals surface area contributed by atoms with Crippen molar-refractivity contribution in [3.8, 4) is 0 Å². The minimum atomic E-state index is -3.66. The number of anilines is 2. The second-order valence-electron chi connectivity index (χ2n) is 8.38. The van der Waals surface area contributed by atoms with Gasteiger partial charge in [0.25, 0.3) is 0 Å². The summed E-state index contributed by atoms with van der Waals surface area (Å²) in [7, 11) is -3.66. The Labute approximate surface area is 199 Å². The number of halogens is 2. The smallest absolute Gasteiger partial charge is 0.228 e. The molecule has 172 valence electrons. The van der Waals surface area contributed by atoms with Gasteiger partial charge in [0.1, 0.15) is 0 Å². The van der Waals surface area contributed by atoms with Crippen LogP contribution in [-0.2, 0) is 20.6 Å². The van der Waals surface area contributed by atoms with Crippen molar-refractivity contribution in [2.45, 2.75) is 31.4 Å². The summed E-state index contributed by atoms with van der Waals surface area (Å²) in [5.41, 5.74) is 2.27. The van der Waals surface area contributed by atoms with Crippen molar-refractivity contribution in [3.63, 3.8) is 0 Å². The predicted octanol–water partition coefficient (Wildman–Crippen LogP) is 4.77. The van der Waals surface area contributed by atoms with E-state index in [0.717, 1.165) is 24.5 Å². The summed E-state index contributed by atoms with van der Waals surface area (Å²) >= 11 is 12.3. The van der Waals surface area contributed by atoms with E-state index in [1.54, 1.807) is 18.2 Å². The lowest BCUT2D eigenvalue weighted by Crippen LogP contribution is -2.44. The highest BCUT2D eigenvalue weighted by molar-refractivity contribution is 7.88. The van der Waals surface area contributed by atoms with E-state index in [9.17, 15) is 13.2 Å². The molecule has 0 radical (unpaired) electrons. The minimum absolute atomic E-state index is 0.155. The molecule has 2 aromatic carbocycles. The van der Waals surface area contributed by atoms with E-state index >= 15 is 0 Å². The summed E-state index contributed by atoms with van der Waals surface area (Å²) in [5, 5.41) is 3.60. The third kappa shape index (κ3) is 5.39. The maximum Gasteiger partial charge on any atom is 0.228 e. The molecule has 0 aliphatic carbocycles. The van der Waals surface area contributed by atoms with E-state index in [1.165, 1.54) is 17.1 Å². The molecule has 1 amide bonds. The van der Waals surface area contributed by atoms with Crippen LogP contribution in [0.1, 0.15) is 31.2 Å².